The molecule has 3 aromatic carbocycles. The molecule has 0 bridgehead atoms. The summed E-state index contributed by atoms with van der Waals surface area (Å²) in [6.07, 6.45) is -1.54. The van der Waals surface area contributed by atoms with Gasteiger partial charge in [0.05, 0.1) is 4.92 Å². The number of rotatable bonds is 10. The lowest BCUT2D eigenvalue weighted by atomic mass is 10.0. The predicted molar refractivity (Wildman–Crippen MR) is 147 cm³/mol. The molecule has 0 saturated carbocycles. The number of hydrogen-bond acceptors (Lipinski definition) is 8. The average molecular weight is 573 g/mol. The molecule has 2 aliphatic rings. The molecule has 1 N–H and O–H groups in total. The van der Waals surface area contributed by atoms with E-state index in [0.29, 0.717) is 0 Å². The van der Waals surface area contributed by atoms with Gasteiger partial charge in [-0.3, -0.25) is 29.4 Å². The molecular formula is C30H28N4O8. The highest BCUT2D eigenvalue weighted by atomic mass is 16.6. The monoisotopic (exact) mass is 572 g/mol. The second-order valence-electron chi connectivity index (χ2n) is 10.1. The minimum absolute atomic E-state index is 0.0680. The van der Waals surface area contributed by atoms with Gasteiger partial charge in [-0.2, -0.15) is 0 Å². The number of esters is 1. The Morgan fingerprint density at radius 1 is 0.857 bits per heavy atom. The van der Waals surface area contributed by atoms with Gasteiger partial charge >= 0.3 is 12.0 Å². The Labute approximate surface area is 240 Å². The number of carbonyl (C=O) groups is 4. The van der Waals surface area contributed by atoms with Gasteiger partial charge in [0.25, 0.3) is 17.5 Å². The highest BCUT2D eigenvalue weighted by Gasteiger charge is 2.62. The first-order valence-electron chi connectivity index (χ1n) is 13.2. The fourth-order valence-corrected chi connectivity index (χ4v) is 5.42. The van der Waals surface area contributed by atoms with E-state index in [4.69, 9.17) is 4.74 Å². The van der Waals surface area contributed by atoms with Crippen molar-refractivity contribution in [3.05, 3.63) is 112 Å². The van der Waals surface area contributed by atoms with Gasteiger partial charge in [-0.25, -0.2) is 4.79 Å². The molecule has 12 nitrogen and oxygen atoms in total. The van der Waals surface area contributed by atoms with Crippen molar-refractivity contribution >= 4 is 29.5 Å². The van der Waals surface area contributed by atoms with Crippen molar-refractivity contribution in [3.63, 3.8) is 0 Å². The van der Waals surface area contributed by atoms with Crippen LogP contribution >= 0.6 is 0 Å². The molecule has 4 amide bonds. The van der Waals surface area contributed by atoms with Gasteiger partial charge in [0.1, 0.15) is 30.8 Å². The Bertz CT molecular complexity index is 1430. The molecule has 4 atom stereocenters. The smallest absolute Gasteiger partial charge is 0.322 e. The molecule has 0 spiro atoms. The summed E-state index contributed by atoms with van der Waals surface area (Å²) >= 11 is 0. The number of likely N-dealkylation sites (tertiary alicyclic amines) is 1. The van der Waals surface area contributed by atoms with Gasteiger partial charge in [0.15, 0.2) is 0 Å². The van der Waals surface area contributed by atoms with Crippen molar-refractivity contribution in [1.29, 1.82) is 0 Å². The van der Waals surface area contributed by atoms with Crippen LogP contribution in [0.25, 0.3) is 0 Å². The van der Waals surface area contributed by atoms with E-state index in [1.54, 1.807) is 24.3 Å². The van der Waals surface area contributed by atoms with E-state index < -0.39 is 59.6 Å². The number of nitrogens with zero attached hydrogens (tertiary/aromatic N) is 4. The van der Waals surface area contributed by atoms with E-state index in [-0.39, 0.29) is 24.3 Å². The van der Waals surface area contributed by atoms with Gasteiger partial charge in [-0.05, 0) is 28.8 Å². The molecule has 0 radical (unpaired) electrons. The third-order valence-corrected chi connectivity index (χ3v) is 7.43. The zero-order chi connectivity index (χ0) is 30.0. The molecule has 2 saturated heterocycles. The molecule has 2 heterocycles. The van der Waals surface area contributed by atoms with Crippen molar-refractivity contribution in [2.24, 2.45) is 0 Å². The van der Waals surface area contributed by atoms with Crippen LogP contribution in [-0.4, -0.2) is 73.3 Å². The molecule has 42 heavy (non-hydrogen) atoms. The number of imide groups is 1. The van der Waals surface area contributed by atoms with Gasteiger partial charge in [0.2, 0.25) is 0 Å². The quantitative estimate of drug-likeness (QED) is 0.169. The fraction of sp³-hybridized carbons (Fsp3) is 0.267. The lowest BCUT2D eigenvalue weighted by Gasteiger charge is -2.32. The van der Waals surface area contributed by atoms with Crippen LogP contribution in [0.4, 0.5) is 10.5 Å². The first-order chi connectivity index (χ1) is 20.2. The van der Waals surface area contributed by atoms with Crippen LogP contribution in [0.1, 0.15) is 29.7 Å². The molecule has 2 aliphatic heterocycles. The number of benzene rings is 3. The van der Waals surface area contributed by atoms with E-state index in [1.807, 2.05) is 36.4 Å². The molecule has 0 aliphatic carbocycles. The third kappa shape index (κ3) is 5.44. The molecule has 2 fully saturated rings. The van der Waals surface area contributed by atoms with Gasteiger partial charge in [0, 0.05) is 32.1 Å². The van der Waals surface area contributed by atoms with Crippen LogP contribution in [0, 0.1) is 10.1 Å². The van der Waals surface area contributed by atoms with Crippen molar-refractivity contribution in [3.8, 4) is 0 Å². The molecule has 12 heteroatoms. The third-order valence-electron chi connectivity index (χ3n) is 7.43. The fourth-order valence-electron chi connectivity index (χ4n) is 5.42. The summed E-state index contributed by atoms with van der Waals surface area (Å²) < 4.78 is 5.16. The molecule has 5 rings (SSSR count). The van der Waals surface area contributed by atoms with E-state index >= 15 is 0 Å². The summed E-state index contributed by atoms with van der Waals surface area (Å²) in [4.78, 5) is 67.6. The first kappa shape index (κ1) is 28.4. The Morgan fingerprint density at radius 3 is 1.76 bits per heavy atom. The highest BCUT2D eigenvalue weighted by Crippen LogP contribution is 2.37. The Hall–Kier alpha value is -5.10. The second kappa shape index (κ2) is 11.8. The number of aliphatic hydroxyl groups excluding tert-OH is 1. The Balaban J connectivity index is 1.52. The van der Waals surface area contributed by atoms with Gasteiger partial charge in [-0.15, -0.1) is 0 Å². The number of ether oxygens (including phenoxy) is 1. The van der Waals surface area contributed by atoms with Gasteiger partial charge in [-0.1, -0.05) is 60.7 Å². The predicted octanol–water partition coefficient (Wildman–Crippen LogP) is 2.80. The van der Waals surface area contributed by atoms with Crippen LogP contribution < -0.4 is 0 Å². The molecule has 3 aromatic rings. The normalized spacial score (nSPS) is 19.6. The number of fused-ring (bicyclic) bond motifs is 1. The first-order valence-corrected chi connectivity index (χ1v) is 13.2. The van der Waals surface area contributed by atoms with Crippen LogP contribution in [0.5, 0.6) is 0 Å². The van der Waals surface area contributed by atoms with E-state index in [1.165, 1.54) is 34.1 Å². The summed E-state index contributed by atoms with van der Waals surface area (Å²) in [7, 11) is 0. The highest BCUT2D eigenvalue weighted by molar-refractivity contribution is 6.13. The summed E-state index contributed by atoms with van der Waals surface area (Å²) in [5.74, 6) is -2.13. The summed E-state index contributed by atoms with van der Waals surface area (Å²) in [5, 5.41) is 22.4. The number of nitro groups is 1. The lowest BCUT2D eigenvalue weighted by molar-refractivity contribution is -0.384. The number of aliphatic hydroxyl groups is 1. The number of non-ortho nitro benzene ring substituents is 1. The zero-order valence-corrected chi connectivity index (χ0v) is 22.6. The van der Waals surface area contributed by atoms with Crippen molar-refractivity contribution < 1.29 is 33.9 Å². The Kier molecular flexibility index (Phi) is 7.98. The average Bonchev–Trinajstić information content (AvgIpc) is 3.40. The maximum absolute atomic E-state index is 14.1. The largest absolute Gasteiger partial charge is 0.464 e. The minimum atomic E-state index is -1.54. The summed E-state index contributed by atoms with van der Waals surface area (Å²) in [5.41, 5.74) is 1.48. The summed E-state index contributed by atoms with van der Waals surface area (Å²) in [6, 6.07) is 18.9. The van der Waals surface area contributed by atoms with Crippen molar-refractivity contribution in [1.82, 2.24) is 14.7 Å². The molecular weight excluding hydrogens is 544 g/mol. The molecule has 216 valence electrons. The Morgan fingerprint density at radius 2 is 1.33 bits per heavy atom. The number of urea groups is 1. The van der Waals surface area contributed by atoms with Crippen molar-refractivity contribution in [2.45, 2.75) is 44.2 Å². The van der Waals surface area contributed by atoms with Crippen molar-refractivity contribution in [2.75, 3.05) is 6.61 Å². The maximum atomic E-state index is 14.1. The number of hydrogen-bond donors (Lipinski definition) is 1. The number of nitro benzene ring substituents is 1. The summed E-state index contributed by atoms with van der Waals surface area (Å²) in [6.45, 7) is 0.770. The number of carbonyl (C=O) groups excluding carboxylic acids is 4. The minimum Gasteiger partial charge on any atom is -0.464 e. The zero-order valence-electron chi connectivity index (χ0n) is 22.6. The lowest BCUT2D eigenvalue weighted by Crippen LogP contribution is -2.51. The van der Waals surface area contributed by atoms with Gasteiger partial charge < -0.3 is 19.6 Å². The SMILES string of the molecule is CC(=O)OC[C@@H]([C@H](O)c1ccc([N+](=O)[O-])cc1)N1C(=O)[C@@H]2[C@H](C1=O)N(Cc1ccccc1)C(=O)N2Cc1ccccc1. The molecule has 0 unspecified atom stereocenters. The van der Waals surface area contributed by atoms with Crippen LogP contribution in [0.15, 0.2) is 84.9 Å². The van der Waals surface area contributed by atoms with E-state index in [2.05, 4.69) is 0 Å². The van der Waals surface area contributed by atoms with Crippen LogP contribution in [-0.2, 0) is 32.2 Å². The molecule has 0 aromatic heterocycles. The van der Waals surface area contributed by atoms with Crippen LogP contribution in [0.2, 0.25) is 0 Å². The maximum Gasteiger partial charge on any atom is 0.322 e. The van der Waals surface area contributed by atoms with E-state index in [0.717, 1.165) is 23.0 Å². The standard InChI is InChI=1S/C30H28N4O8/c1-19(35)42-18-24(27(36)22-12-14-23(15-13-22)34(40)41)33-28(37)25-26(29(33)38)32(17-21-10-6-3-7-11-21)30(39)31(25)16-20-8-4-2-5-9-20/h2-15,24-27,36H,16-18H2,1H3/t24-,25-,26+,27+/m0/s1. The number of amides is 4. The van der Waals surface area contributed by atoms with Crippen LogP contribution in [0.3, 0.4) is 0 Å². The second-order valence-corrected chi connectivity index (χ2v) is 10.1. The van der Waals surface area contributed by atoms with E-state index in [9.17, 15) is 34.4 Å². The topological polar surface area (TPSA) is 151 Å².